The maximum absolute atomic E-state index is 5.79. The Balaban J connectivity index is 3.52. The van der Waals surface area contributed by atoms with E-state index < -0.39 is 0 Å². The van der Waals surface area contributed by atoms with Gasteiger partial charge in [-0.1, -0.05) is 20.8 Å². The zero-order valence-corrected chi connectivity index (χ0v) is 10.8. The normalized spacial score (nSPS) is 15.9. The third kappa shape index (κ3) is 5.84. The first-order valence-corrected chi connectivity index (χ1v) is 6.20. The Hall–Kier alpha value is 0.210. The minimum atomic E-state index is 0.517. The highest BCUT2D eigenvalue weighted by Crippen LogP contribution is 2.03. The third-order valence-electron chi connectivity index (χ3n) is 2.89. The standard InChI is InChI=1S/C11H25ClN2/c1-5-14(6-2)8-7-13-11(4)10(3)9-12/h10-11,13H,5-9H2,1-4H3. The molecule has 0 saturated carbocycles. The summed E-state index contributed by atoms with van der Waals surface area (Å²) in [6.45, 7) is 13.3. The molecule has 0 aliphatic rings. The molecule has 0 fully saturated rings. The fourth-order valence-electron chi connectivity index (χ4n) is 1.32. The van der Waals surface area contributed by atoms with Crippen molar-refractivity contribution in [2.75, 3.05) is 32.1 Å². The van der Waals surface area contributed by atoms with E-state index in [-0.39, 0.29) is 0 Å². The molecule has 0 heterocycles. The van der Waals surface area contributed by atoms with Crippen LogP contribution in [-0.4, -0.2) is 43.0 Å². The van der Waals surface area contributed by atoms with E-state index in [2.05, 4.69) is 37.9 Å². The van der Waals surface area contributed by atoms with Gasteiger partial charge in [0.1, 0.15) is 0 Å². The van der Waals surface area contributed by atoms with Gasteiger partial charge in [0.15, 0.2) is 0 Å². The highest BCUT2D eigenvalue weighted by atomic mass is 35.5. The van der Waals surface area contributed by atoms with Crippen LogP contribution in [0.3, 0.4) is 0 Å². The Morgan fingerprint density at radius 1 is 1.21 bits per heavy atom. The molecule has 0 aromatic carbocycles. The van der Waals surface area contributed by atoms with Crippen LogP contribution in [0.15, 0.2) is 0 Å². The monoisotopic (exact) mass is 220 g/mol. The molecule has 0 rings (SSSR count). The van der Waals surface area contributed by atoms with Crippen LogP contribution in [0.1, 0.15) is 27.7 Å². The Morgan fingerprint density at radius 2 is 1.79 bits per heavy atom. The van der Waals surface area contributed by atoms with E-state index in [0.29, 0.717) is 12.0 Å². The Bertz CT molecular complexity index is 126. The summed E-state index contributed by atoms with van der Waals surface area (Å²) in [4.78, 5) is 2.42. The van der Waals surface area contributed by atoms with E-state index in [0.717, 1.165) is 32.1 Å². The molecule has 3 heteroatoms. The summed E-state index contributed by atoms with van der Waals surface area (Å²) in [5.41, 5.74) is 0. The fraction of sp³-hybridized carbons (Fsp3) is 1.00. The van der Waals surface area contributed by atoms with Gasteiger partial charge in [0.2, 0.25) is 0 Å². The van der Waals surface area contributed by atoms with Crippen LogP contribution in [0.25, 0.3) is 0 Å². The molecule has 0 saturated heterocycles. The number of alkyl halides is 1. The van der Waals surface area contributed by atoms with Gasteiger partial charge in [0, 0.05) is 25.0 Å². The smallest absolute Gasteiger partial charge is 0.0263 e. The lowest BCUT2D eigenvalue weighted by atomic mass is 10.1. The predicted molar refractivity (Wildman–Crippen MR) is 65.1 cm³/mol. The number of likely N-dealkylation sites (N-methyl/N-ethyl adjacent to an activating group) is 1. The molecule has 0 radical (unpaired) electrons. The molecule has 1 N–H and O–H groups in total. The summed E-state index contributed by atoms with van der Waals surface area (Å²) in [6.07, 6.45) is 0. The molecule has 0 aliphatic heterocycles. The van der Waals surface area contributed by atoms with Gasteiger partial charge in [-0.3, -0.25) is 0 Å². The van der Waals surface area contributed by atoms with Crippen LogP contribution in [0, 0.1) is 5.92 Å². The second-order valence-corrected chi connectivity index (χ2v) is 4.21. The van der Waals surface area contributed by atoms with E-state index in [9.17, 15) is 0 Å². The van der Waals surface area contributed by atoms with Crippen LogP contribution in [-0.2, 0) is 0 Å². The molecule has 2 nitrogen and oxygen atoms in total. The Kier molecular flexibility index (Phi) is 8.64. The van der Waals surface area contributed by atoms with Gasteiger partial charge in [-0.2, -0.15) is 0 Å². The summed E-state index contributed by atoms with van der Waals surface area (Å²) in [7, 11) is 0. The van der Waals surface area contributed by atoms with Gasteiger partial charge in [0.05, 0.1) is 0 Å². The van der Waals surface area contributed by atoms with Gasteiger partial charge < -0.3 is 10.2 Å². The second kappa shape index (κ2) is 8.51. The highest BCUT2D eigenvalue weighted by molar-refractivity contribution is 6.18. The van der Waals surface area contributed by atoms with Gasteiger partial charge in [-0.25, -0.2) is 0 Å². The average molecular weight is 221 g/mol. The van der Waals surface area contributed by atoms with Gasteiger partial charge >= 0.3 is 0 Å². The minimum absolute atomic E-state index is 0.517. The lowest BCUT2D eigenvalue weighted by Crippen LogP contribution is -2.39. The molecule has 86 valence electrons. The number of hydrogen-bond donors (Lipinski definition) is 1. The molecule has 0 aromatic rings. The van der Waals surface area contributed by atoms with E-state index in [4.69, 9.17) is 11.6 Å². The summed E-state index contributed by atoms with van der Waals surface area (Å²) in [5.74, 6) is 1.28. The predicted octanol–water partition coefficient (Wildman–Crippen LogP) is 2.18. The van der Waals surface area contributed by atoms with Crippen molar-refractivity contribution in [1.29, 1.82) is 0 Å². The van der Waals surface area contributed by atoms with Crippen molar-refractivity contribution in [3.8, 4) is 0 Å². The van der Waals surface area contributed by atoms with Crippen molar-refractivity contribution in [3.05, 3.63) is 0 Å². The van der Waals surface area contributed by atoms with Crippen LogP contribution in [0.2, 0.25) is 0 Å². The number of nitrogens with one attached hydrogen (secondary N) is 1. The molecule has 0 bridgehead atoms. The van der Waals surface area contributed by atoms with E-state index >= 15 is 0 Å². The maximum atomic E-state index is 5.79. The number of rotatable bonds is 8. The second-order valence-electron chi connectivity index (χ2n) is 3.90. The van der Waals surface area contributed by atoms with Crippen molar-refractivity contribution in [2.45, 2.75) is 33.7 Å². The zero-order chi connectivity index (χ0) is 11.0. The van der Waals surface area contributed by atoms with Crippen LogP contribution < -0.4 is 5.32 Å². The molecule has 0 aromatic heterocycles. The largest absolute Gasteiger partial charge is 0.313 e. The quantitative estimate of drug-likeness (QED) is 0.631. The van der Waals surface area contributed by atoms with Crippen molar-refractivity contribution in [2.24, 2.45) is 5.92 Å². The SMILES string of the molecule is CCN(CC)CCNC(C)C(C)CCl. The van der Waals surface area contributed by atoms with Gasteiger partial charge in [0.25, 0.3) is 0 Å². The molecule has 0 aliphatic carbocycles. The number of halogens is 1. The van der Waals surface area contributed by atoms with Crippen LogP contribution >= 0.6 is 11.6 Å². The molecule has 2 atom stereocenters. The summed E-state index contributed by atoms with van der Waals surface area (Å²) in [5, 5.41) is 3.51. The topological polar surface area (TPSA) is 15.3 Å². The lowest BCUT2D eigenvalue weighted by Gasteiger charge is -2.22. The lowest BCUT2D eigenvalue weighted by molar-refractivity contribution is 0.290. The molecular weight excluding hydrogens is 196 g/mol. The summed E-state index contributed by atoms with van der Waals surface area (Å²) < 4.78 is 0. The molecule has 14 heavy (non-hydrogen) atoms. The number of nitrogens with zero attached hydrogens (tertiary/aromatic N) is 1. The molecule has 0 amide bonds. The maximum Gasteiger partial charge on any atom is 0.0263 e. The van der Waals surface area contributed by atoms with Crippen molar-refractivity contribution in [3.63, 3.8) is 0 Å². The molecular formula is C11H25ClN2. The number of hydrogen-bond acceptors (Lipinski definition) is 2. The van der Waals surface area contributed by atoms with Crippen molar-refractivity contribution in [1.82, 2.24) is 10.2 Å². The summed E-state index contributed by atoms with van der Waals surface area (Å²) >= 11 is 5.79. The Labute approximate surface area is 94.0 Å². The first kappa shape index (κ1) is 14.2. The Morgan fingerprint density at radius 3 is 2.21 bits per heavy atom. The van der Waals surface area contributed by atoms with E-state index in [1.165, 1.54) is 0 Å². The van der Waals surface area contributed by atoms with E-state index in [1.807, 2.05) is 0 Å². The van der Waals surface area contributed by atoms with Crippen molar-refractivity contribution < 1.29 is 0 Å². The van der Waals surface area contributed by atoms with Crippen molar-refractivity contribution >= 4 is 11.6 Å². The molecule has 0 spiro atoms. The van der Waals surface area contributed by atoms with Gasteiger partial charge in [-0.15, -0.1) is 11.6 Å². The zero-order valence-electron chi connectivity index (χ0n) is 10.0. The third-order valence-corrected chi connectivity index (χ3v) is 3.37. The molecule has 2 unspecified atom stereocenters. The first-order valence-electron chi connectivity index (χ1n) is 5.67. The van der Waals surface area contributed by atoms with Crippen LogP contribution in [0.4, 0.5) is 0 Å². The fourth-order valence-corrected chi connectivity index (χ4v) is 1.59. The summed E-state index contributed by atoms with van der Waals surface area (Å²) in [6, 6.07) is 0.517. The first-order chi connectivity index (χ1) is 6.65. The van der Waals surface area contributed by atoms with Gasteiger partial charge in [-0.05, 0) is 25.9 Å². The van der Waals surface area contributed by atoms with Crippen LogP contribution in [0.5, 0.6) is 0 Å². The minimum Gasteiger partial charge on any atom is -0.313 e. The van der Waals surface area contributed by atoms with E-state index in [1.54, 1.807) is 0 Å². The average Bonchev–Trinajstić information content (AvgIpc) is 2.22. The highest BCUT2D eigenvalue weighted by Gasteiger charge is 2.09.